The van der Waals surface area contributed by atoms with Crippen LogP contribution in [0.1, 0.15) is 12.7 Å². The Morgan fingerprint density at radius 2 is 1.83 bits per heavy atom. The van der Waals surface area contributed by atoms with E-state index in [4.69, 9.17) is 9.15 Å². The lowest BCUT2D eigenvalue weighted by atomic mass is 10.2. The number of sulfonamides is 1. The Balaban J connectivity index is 1.62. The standard InChI is InChI=1S/C18H19NO4S/c1-2-22-15-7-9-17(10-8-15)24(20,21)19-12-11-16-13-14-5-3-4-6-18(14)23-16/h3-10,13,19H,2,11-12H2,1H3. The van der Waals surface area contributed by atoms with Crippen LogP contribution < -0.4 is 9.46 Å². The van der Waals surface area contributed by atoms with Crippen molar-refractivity contribution in [3.63, 3.8) is 0 Å². The predicted molar refractivity (Wildman–Crippen MR) is 92.7 cm³/mol. The molecule has 126 valence electrons. The summed E-state index contributed by atoms with van der Waals surface area (Å²) in [6.45, 7) is 2.70. The third-order valence-electron chi connectivity index (χ3n) is 3.59. The van der Waals surface area contributed by atoms with E-state index < -0.39 is 10.0 Å². The maximum atomic E-state index is 12.3. The predicted octanol–water partition coefficient (Wildman–Crippen LogP) is 3.35. The Kier molecular flexibility index (Phi) is 4.87. The molecule has 0 radical (unpaired) electrons. The highest BCUT2D eigenvalue weighted by Gasteiger charge is 2.14. The molecule has 0 unspecified atom stereocenters. The van der Waals surface area contributed by atoms with Crippen molar-refractivity contribution in [3.8, 4) is 5.75 Å². The maximum absolute atomic E-state index is 12.3. The van der Waals surface area contributed by atoms with Gasteiger partial charge in [0, 0.05) is 18.4 Å². The van der Waals surface area contributed by atoms with Crippen LogP contribution in [0.15, 0.2) is 63.9 Å². The highest BCUT2D eigenvalue weighted by Crippen LogP contribution is 2.19. The van der Waals surface area contributed by atoms with E-state index in [-0.39, 0.29) is 11.4 Å². The number of furan rings is 1. The van der Waals surface area contributed by atoms with E-state index in [1.54, 1.807) is 12.1 Å². The molecule has 0 spiro atoms. The third-order valence-corrected chi connectivity index (χ3v) is 5.06. The minimum Gasteiger partial charge on any atom is -0.494 e. The second-order valence-electron chi connectivity index (χ2n) is 5.30. The monoisotopic (exact) mass is 345 g/mol. The van der Waals surface area contributed by atoms with Gasteiger partial charge in [-0.3, -0.25) is 0 Å². The molecule has 0 saturated heterocycles. The van der Waals surface area contributed by atoms with Crippen LogP contribution in [-0.2, 0) is 16.4 Å². The maximum Gasteiger partial charge on any atom is 0.240 e. The number of benzene rings is 2. The molecule has 0 aliphatic heterocycles. The van der Waals surface area contributed by atoms with Gasteiger partial charge in [0.05, 0.1) is 11.5 Å². The Hall–Kier alpha value is -2.31. The minimum absolute atomic E-state index is 0.218. The van der Waals surface area contributed by atoms with Crippen LogP contribution in [0.25, 0.3) is 11.0 Å². The summed E-state index contributed by atoms with van der Waals surface area (Å²) in [7, 11) is -3.54. The largest absolute Gasteiger partial charge is 0.494 e. The summed E-state index contributed by atoms with van der Waals surface area (Å²) in [4.78, 5) is 0.218. The molecular weight excluding hydrogens is 326 g/mol. The molecule has 0 fully saturated rings. The molecule has 3 aromatic rings. The molecule has 0 amide bonds. The Morgan fingerprint density at radius 1 is 1.08 bits per heavy atom. The number of hydrogen-bond donors (Lipinski definition) is 1. The van der Waals surface area contributed by atoms with Crippen LogP contribution >= 0.6 is 0 Å². The van der Waals surface area contributed by atoms with Crippen molar-refractivity contribution in [2.45, 2.75) is 18.2 Å². The molecule has 0 atom stereocenters. The first-order valence-electron chi connectivity index (χ1n) is 7.78. The zero-order valence-electron chi connectivity index (χ0n) is 13.4. The lowest BCUT2D eigenvalue weighted by Crippen LogP contribution is -2.25. The summed E-state index contributed by atoms with van der Waals surface area (Å²) in [5, 5.41) is 1.02. The van der Waals surface area contributed by atoms with Crippen LogP contribution in [0.2, 0.25) is 0 Å². The molecule has 6 heteroatoms. The smallest absolute Gasteiger partial charge is 0.240 e. The first-order valence-corrected chi connectivity index (χ1v) is 9.27. The quantitative estimate of drug-likeness (QED) is 0.713. The molecule has 1 N–H and O–H groups in total. The minimum atomic E-state index is -3.54. The highest BCUT2D eigenvalue weighted by molar-refractivity contribution is 7.89. The zero-order valence-corrected chi connectivity index (χ0v) is 14.2. The number of nitrogens with one attached hydrogen (secondary N) is 1. The van der Waals surface area contributed by atoms with Crippen molar-refractivity contribution in [1.82, 2.24) is 4.72 Å². The normalized spacial score (nSPS) is 11.7. The molecule has 0 bridgehead atoms. The number of hydrogen-bond acceptors (Lipinski definition) is 4. The fourth-order valence-electron chi connectivity index (χ4n) is 2.43. The number of ether oxygens (including phenoxy) is 1. The van der Waals surface area contributed by atoms with E-state index >= 15 is 0 Å². The van der Waals surface area contributed by atoms with E-state index in [1.165, 1.54) is 12.1 Å². The summed E-state index contributed by atoms with van der Waals surface area (Å²) in [5.74, 6) is 1.41. The summed E-state index contributed by atoms with van der Waals surface area (Å²) >= 11 is 0. The van der Waals surface area contributed by atoms with Crippen molar-refractivity contribution in [2.24, 2.45) is 0 Å². The van der Waals surface area contributed by atoms with Crippen molar-refractivity contribution < 1.29 is 17.6 Å². The number of rotatable bonds is 7. The van der Waals surface area contributed by atoms with Crippen molar-refractivity contribution in [2.75, 3.05) is 13.2 Å². The molecule has 2 aromatic carbocycles. The van der Waals surface area contributed by atoms with Crippen molar-refractivity contribution >= 4 is 21.0 Å². The van der Waals surface area contributed by atoms with E-state index in [1.807, 2.05) is 37.3 Å². The van der Waals surface area contributed by atoms with Gasteiger partial charge in [-0.2, -0.15) is 0 Å². The number of para-hydroxylation sites is 1. The van der Waals surface area contributed by atoms with E-state index in [0.717, 1.165) is 16.7 Å². The highest BCUT2D eigenvalue weighted by atomic mass is 32.2. The average Bonchev–Trinajstić information content (AvgIpc) is 2.98. The Morgan fingerprint density at radius 3 is 2.54 bits per heavy atom. The number of fused-ring (bicyclic) bond motifs is 1. The topological polar surface area (TPSA) is 68.5 Å². The van der Waals surface area contributed by atoms with Gasteiger partial charge < -0.3 is 9.15 Å². The van der Waals surface area contributed by atoms with Gasteiger partial charge in [-0.15, -0.1) is 0 Å². The second kappa shape index (κ2) is 7.07. The SMILES string of the molecule is CCOc1ccc(S(=O)(=O)NCCc2cc3ccccc3o2)cc1. The molecule has 5 nitrogen and oxygen atoms in total. The first-order chi connectivity index (χ1) is 11.6. The average molecular weight is 345 g/mol. The van der Waals surface area contributed by atoms with Gasteiger partial charge in [0.2, 0.25) is 10.0 Å². The molecule has 0 saturated carbocycles. The van der Waals surface area contributed by atoms with Gasteiger partial charge in [-0.1, -0.05) is 18.2 Å². The first kappa shape index (κ1) is 16.5. The van der Waals surface area contributed by atoms with Crippen LogP contribution in [0.3, 0.4) is 0 Å². The Labute approximate surface area is 141 Å². The van der Waals surface area contributed by atoms with Crippen LogP contribution in [0.4, 0.5) is 0 Å². The fourth-order valence-corrected chi connectivity index (χ4v) is 3.47. The zero-order chi connectivity index (χ0) is 17.0. The van der Waals surface area contributed by atoms with E-state index in [0.29, 0.717) is 18.8 Å². The van der Waals surface area contributed by atoms with Gasteiger partial charge in [0.25, 0.3) is 0 Å². The van der Waals surface area contributed by atoms with Crippen molar-refractivity contribution in [3.05, 3.63) is 60.4 Å². The van der Waals surface area contributed by atoms with Gasteiger partial charge in [0.15, 0.2) is 0 Å². The molecule has 1 aromatic heterocycles. The molecule has 1 heterocycles. The van der Waals surface area contributed by atoms with Crippen LogP contribution in [0, 0.1) is 0 Å². The lowest BCUT2D eigenvalue weighted by Gasteiger charge is -2.07. The fraction of sp³-hybridized carbons (Fsp3) is 0.222. The summed E-state index contributed by atoms with van der Waals surface area (Å²) in [6, 6.07) is 16.0. The lowest BCUT2D eigenvalue weighted by molar-refractivity contribution is 0.340. The van der Waals surface area contributed by atoms with E-state index in [2.05, 4.69) is 4.72 Å². The Bertz CT molecular complexity index is 881. The van der Waals surface area contributed by atoms with Gasteiger partial charge >= 0.3 is 0 Å². The van der Waals surface area contributed by atoms with Gasteiger partial charge in [0.1, 0.15) is 17.1 Å². The summed E-state index contributed by atoms with van der Waals surface area (Å²) < 4.78 is 38.1. The van der Waals surface area contributed by atoms with Gasteiger partial charge in [-0.05, 0) is 43.3 Å². The van der Waals surface area contributed by atoms with E-state index in [9.17, 15) is 8.42 Å². The summed E-state index contributed by atoms with van der Waals surface area (Å²) in [5.41, 5.74) is 0.807. The molecule has 3 rings (SSSR count). The van der Waals surface area contributed by atoms with Crippen LogP contribution in [0.5, 0.6) is 5.75 Å². The summed E-state index contributed by atoms with van der Waals surface area (Å²) in [6.07, 6.45) is 0.491. The molecule has 0 aliphatic rings. The molecule has 0 aliphatic carbocycles. The third kappa shape index (κ3) is 3.77. The van der Waals surface area contributed by atoms with Crippen molar-refractivity contribution in [1.29, 1.82) is 0 Å². The molecule has 24 heavy (non-hydrogen) atoms. The second-order valence-corrected chi connectivity index (χ2v) is 7.07. The van der Waals surface area contributed by atoms with Crippen LogP contribution in [-0.4, -0.2) is 21.6 Å². The van der Waals surface area contributed by atoms with Gasteiger partial charge in [-0.25, -0.2) is 13.1 Å². The molecular formula is C18H19NO4S.